The average molecular weight is 1160 g/mol. The zero-order valence-corrected chi connectivity index (χ0v) is 50.1. The minimum Gasteiger partial charge on any atom is -0.506 e. The van der Waals surface area contributed by atoms with Crippen molar-refractivity contribution in [1.29, 1.82) is 0 Å². The number of benzene rings is 7. The van der Waals surface area contributed by atoms with Gasteiger partial charge in [-0.1, -0.05) is 224 Å². The molecule has 0 radical (unpaired) electrons. The number of aromatic hydroxyl groups is 3. The van der Waals surface area contributed by atoms with Crippen molar-refractivity contribution in [2.45, 2.75) is 96.9 Å². The maximum Gasteiger partial charge on any atom is 0.140 e. The van der Waals surface area contributed by atoms with Gasteiger partial charge in [0.15, 0.2) is 0 Å². The second kappa shape index (κ2) is 28.8. The Bertz CT molecular complexity index is 3720. The highest BCUT2D eigenvalue weighted by atomic mass is 16.3. The number of phenolic OH excluding ortho intramolecular Hbond substituents is 3. The van der Waals surface area contributed by atoms with Crippen LogP contribution in [0.3, 0.4) is 0 Å². The molecule has 12 heteroatoms. The smallest absolute Gasteiger partial charge is 0.140 e. The van der Waals surface area contributed by atoms with Gasteiger partial charge in [0.2, 0.25) is 0 Å². The molecule has 9 N–H and O–H groups in total. The van der Waals surface area contributed by atoms with Gasteiger partial charge in [0.05, 0.1) is 67.1 Å². The van der Waals surface area contributed by atoms with Crippen molar-refractivity contribution in [2.75, 3.05) is 19.8 Å². The summed E-state index contributed by atoms with van der Waals surface area (Å²) in [7, 11) is 0. The Labute approximate surface area is 510 Å². The number of hydrogen-bond acceptors (Lipinski definition) is 12. The molecule has 0 saturated heterocycles. The summed E-state index contributed by atoms with van der Waals surface area (Å²) in [6.45, 7) is 16.5. The minimum absolute atomic E-state index is 0.146. The van der Waals surface area contributed by atoms with Gasteiger partial charge in [-0.2, -0.15) is 0 Å². The lowest BCUT2D eigenvalue weighted by Gasteiger charge is -2.21. The Balaban J connectivity index is 1.55. The molecule has 12 nitrogen and oxygen atoms in total. The summed E-state index contributed by atoms with van der Waals surface area (Å²) in [5.41, 5.74) is 3.95. The quantitative estimate of drug-likeness (QED) is 0.0495. The molecule has 0 aromatic heterocycles. The fourth-order valence-electron chi connectivity index (χ4n) is 8.72. The van der Waals surface area contributed by atoms with Crippen LogP contribution in [0.15, 0.2) is 142 Å². The molecule has 438 valence electrons. The standard InChI is InChI=1S/C75H69N3O9/c1-73(2,3)58-40-52(28-19-37-79)67(55(43-58)31-34-64(82)49-22-13-10-14-23-49)76-46-61-70(85)62(47-77-68-53(29-20-38-80)41-59(74(4,5)6)44-56(68)32-35-65(83)50-24-15-11-16-25-50)72(87)63(71(61)86)48-78-69-54(30-21-39-81)42-60(75(7,8)9)45-57(69)33-36-66(84)51-26-17-12-18-27-51/h10-18,22-27,40-48,64-66,79-87H,37-39H2,1-9H3/t64-,65-,66-/m1/s1. The van der Waals surface area contributed by atoms with Gasteiger partial charge >= 0.3 is 0 Å². The van der Waals surface area contributed by atoms with E-state index in [9.17, 15) is 46.0 Å². The second-order valence-electron chi connectivity index (χ2n) is 23.2. The van der Waals surface area contributed by atoms with Gasteiger partial charge in [-0.25, -0.2) is 0 Å². The number of hydrogen-bond donors (Lipinski definition) is 9. The third-order valence-electron chi connectivity index (χ3n) is 13.7. The topological polar surface area (TPSA) is 219 Å². The number of rotatable bonds is 9. The van der Waals surface area contributed by atoms with Gasteiger partial charge in [0.25, 0.3) is 0 Å². The van der Waals surface area contributed by atoms with Crippen LogP contribution in [0.2, 0.25) is 0 Å². The molecule has 7 aromatic carbocycles. The molecule has 7 rings (SSSR count). The molecule has 0 fully saturated rings. The molecule has 3 atom stereocenters. The minimum atomic E-state index is -1.21. The summed E-state index contributed by atoms with van der Waals surface area (Å²) in [4.78, 5) is 14.5. The van der Waals surface area contributed by atoms with E-state index in [1.165, 1.54) is 0 Å². The molecule has 0 spiro atoms. The first-order valence-electron chi connectivity index (χ1n) is 27.9. The van der Waals surface area contributed by atoms with E-state index in [-0.39, 0.29) is 33.8 Å². The van der Waals surface area contributed by atoms with Crippen molar-refractivity contribution >= 4 is 35.7 Å². The Morgan fingerprint density at radius 2 is 0.575 bits per heavy atom. The molecule has 0 aliphatic heterocycles. The largest absolute Gasteiger partial charge is 0.506 e. The van der Waals surface area contributed by atoms with Gasteiger partial charge in [-0.3, -0.25) is 15.0 Å². The average Bonchev–Trinajstić information content (AvgIpc) is 1.16. The van der Waals surface area contributed by atoms with Crippen molar-refractivity contribution < 1.29 is 46.0 Å². The van der Waals surface area contributed by atoms with Crippen molar-refractivity contribution in [3.05, 3.63) is 211 Å². The molecule has 0 aliphatic carbocycles. The molecule has 87 heavy (non-hydrogen) atoms. The van der Waals surface area contributed by atoms with Crippen LogP contribution in [0.5, 0.6) is 17.2 Å². The first-order valence-corrected chi connectivity index (χ1v) is 27.9. The summed E-state index contributed by atoms with van der Waals surface area (Å²) >= 11 is 0. The molecule has 7 aromatic rings. The van der Waals surface area contributed by atoms with Crippen molar-refractivity contribution in [1.82, 2.24) is 0 Å². The summed E-state index contributed by atoms with van der Waals surface area (Å²) in [6, 6.07) is 37.4. The summed E-state index contributed by atoms with van der Waals surface area (Å²) in [5, 5.41) is 101. The fraction of sp³-hybridized carbons (Fsp3) is 0.240. The number of nitrogens with zero attached hydrogens (tertiary/aromatic N) is 3. The number of aliphatic imine (C=N–C) groups is 3. The second-order valence-corrected chi connectivity index (χ2v) is 23.2. The summed E-state index contributed by atoms with van der Waals surface area (Å²) < 4.78 is 0. The SMILES string of the molecule is CC(C)(C)c1cc(C#CCO)c(N=Cc2c(O)c(C=Nc3c(C#CCO)cc(C(C)(C)C)cc3C#C[C@@H](O)c3ccccc3)c(O)c(C=Nc3c(C#CCO)cc(C(C)(C)C)cc3C#C[C@@H](O)c3ccccc3)c2O)c(C#C[C@@H](O)c2ccccc2)c1. The highest BCUT2D eigenvalue weighted by molar-refractivity contribution is 6.05. The van der Waals surface area contributed by atoms with Gasteiger partial charge < -0.3 is 46.0 Å². The third kappa shape index (κ3) is 16.7. The molecule has 0 saturated carbocycles. The van der Waals surface area contributed by atoms with E-state index in [2.05, 4.69) is 71.0 Å². The van der Waals surface area contributed by atoms with Gasteiger partial charge in [-0.15, -0.1) is 0 Å². The van der Waals surface area contributed by atoms with E-state index in [0.29, 0.717) is 50.1 Å². The van der Waals surface area contributed by atoms with Crippen LogP contribution in [0, 0.1) is 71.0 Å². The van der Waals surface area contributed by atoms with Crippen LogP contribution in [-0.2, 0) is 16.2 Å². The van der Waals surface area contributed by atoms with Gasteiger partial charge in [0, 0.05) is 18.6 Å². The van der Waals surface area contributed by atoms with Crippen LogP contribution in [0.4, 0.5) is 17.1 Å². The summed E-state index contributed by atoms with van der Waals surface area (Å²) in [6.07, 6.45) is -0.147. The predicted octanol–water partition coefficient (Wildman–Crippen LogP) is 11.2. The molecule has 0 aliphatic rings. The van der Waals surface area contributed by atoms with Crippen molar-refractivity contribution in [2.24, 2.45) is 15.0 Å². The fourth-order valence-corrected chi connectivity index (χ4v) is 8.72. The maximum absolute atomic E-state index is 12.5. The predicted molar refractivity (Wildman–Crippen MR) is 345 cm³/mol. The molecular weight excluding hydrogens is 1090 g/mol. The Hall–Kier alpha value is -9.93. The van der Waals surface area contributed by atoms with Crippen LogP contribution in [0.25, 0.3) is 0 Å². The Morgan fingerprint density at radius 3 is 0.782 bits per heavy atom. The number of phenols is 3. The highest BCUT2D eigenvalue weighted by Gasteiger charge is 2.25. The van der Waals surface area contributed by atoms with E-state index < -0.39 is 71.6 Å². The van der Waals surface area contributed by atoms with Gasteiger partial charge in [-0.05, 0) is 86.0 Å². The number of aliphatic hydroxyl groups excluding tert-OH is 6. The van der Waals surface area contributed by atoms with Crippen molar-refractivity contribution in [3.63, 3.8) is 0 Å². The van der Waals surface area contributed by atoms with E-state index in [1.807, 2.05) is 80.5 Å². The Morgan fingerprint density at radius 1 is 0.356 bits per heavy atom. The lowest BCUT2D eigenvalue weighted by molar-refractivity contribution is 0.238. The van der Waals surface area contributed by atoms with E-state index >= 15 is 0 Å². The molecule has 0 bridgehead atoms. The van der Waals surface area contributed by atoms with Crippen LogP contribution >= 0.6 is 0 Å². The zero-order chi connectivity index (χ0) is 63.1. The summed E-state index contributed by atoms with van der Waals surface area (Å²) in [5.74, 6) is 32.9. The lowest BCUT2D eigenvalue weighted by atomic mass is 9.84. The van der Waals surface area contributed by atoms with Crippen LogP contribution in [0.1, 0.15) is 164 Å². The number of aliphatic hydroxyl groups is 6. The first kappa shape index (κ1) is 64.6. The van der Waals surface area contributed by atoms with E-state index in [4.69, 9.17) is 15.0 Å². The molecule has 0 amide bonds. The van der Waals surface area contributed by atoms with Crippen LogP contribution < -0.4 is 0 Å². The van der Waals surface area contributed by atoms with E-state index in [0.717, 1.165) is 35.3 Å². The normalized spacial score (nSPS) is 12.4. The maximum atomic E-state index is 12.5. The monoisotopic (exact) mass is 1160 g/mol. The molecule has 0 heterocycles. The van der Waals surface area contributed by atoms with Crippen molar-refractivity contribution in [3.8, 4) is 88.3 Å². The van der Waals surface area contributed by atoms with Gasteiger partial charge in [0.1, 0.15) is 55.4 Å². The Kier molecular flexibility index (Phi) is 21.4. The van der Waals surface area contributed by atoms with Crippen LogP contribution in [-0.4, -0.2) is 84.4 Å². The third-order valence-corrected chi connectivity index (χ3v) is 13.7. The highest BCUT2D eigenvalue weighted by Crippen LogP contribution is 2.42. The van der Waals surface area contributed by atoms with E-state index in [1.54, 1.807) is 109 Å². The first-order chi connectivity index (χ1) is 41.4. The molecular formula is C75H69N3O9. The molecule has 0 unspecified atom stereocenters. The lowest BCUT2D eigenvalue weighted by Crippen LogP contribution is -2.12. The zero-order valence-electron chi connectivity index (χ0n) is 50.1.